The zero-order chi connectivity index (χ0) is 22.3. The molecule has 166 valence electrons. The Morgan fingerprint density at radius 1 is 1.16 bits per heavy atom. The zero-order valence-electron chi connectivity index (χ0n) is 18.0. The van der Waals surface area contributed by atoms with Crippen molar-refractivity contribution in [2.75, 3.05) is 25.0 Å². The molecule has 0 atom stereocenters. The number of aromatic nitrogens is 1. The molecule has 1 aromatic heterocycles. The van der Waals surface area contributed by atoms with Gasteiger partial charge < -0.3 is 20.0 Å². The van der Waals surface area contributed by atoms with Gasteiger partial charge in [-0.3, -0.25) is 9.79 Å². The van der Waals surface area contributed by atoms with E-state index < -0.39 is 0 Å². The number of hydrogen-bond donors (Lipinski definition) is 2. The van der Waals surface area contributed by atoms with Crippen LogP contribution in [0.1, 0.15) is 24.1 Å². The first-order chi connectivity index (χ1) is 15.6. The van der Waals surface area contributed by atoms with Gasteiger partial charge in [0.15, 0.2) is 5.96 Å². The van der Waals surface area contributed by atoms with Crippen LogP contribution in [0.15, 0.2) is 64.2 Å². The Kier molecular flexibility index (Phi) is 6.79. The highest BCUT2D eigenvalue weighted by atomic mass is 19.1. The first-order valence-corrected chi connectivity index (χ1v) is 10.7. The van der Waals surface area contributed by atoms with Gasteiger partial charge in [0.25, 0.3) is 0 Å². The Labute approximate surface area is 186 Å². The normalized spacial score (nSPS) is 14.1. The van der Waals surface area contributed by atoms with Crippen LogP contribution in [0, 0.1) is 5.82 Å². The Hall–Kier alpha value is -3.68. The maximum Gasteiger partial charge on any atom is 0.227 e. The average molecular weight is 436 g/mol. The van der Waals surface area contributed by atoms with E-state index in [2.05, 4.69) is 20.6 Å². The molecule has 0 unspecified atom stereocenters. The van der Waals surface area contributed by atoms with Crippen LogP contribution < -0.4 is 15.5 Å². The van der Waals surface area contributed by atoms with Gasteiger partial charge in [-0.2, -0.15) is 0 Å². The molecule has 1 amide bonds. The number of aliphatic imine (C=N–C) groups is 1. The number of halogens is 1. The minimum Gasteiger partial charge on any atom is -0.444 e. The van der Waals surface area contributed by atoms with E-state index in [1.54, 1.807) is 25.4 Å². The number of amides is 1. The van der Waals surface area contributed by atoms with Gasteiger partial charge in [-0.25, -0.2) is 9.37 Å². The average Bonchev–Trinajstić information content (AvgIpc) is 3.46. The molecule has 0 bridgehead atoms. The maximum atomic E-state index is 13.1. The summed E-state index contributed by atoms with van der Waals surface area (Å²) in [6.45, 7) is 2.04. The van der Waals surface area contributed by atoms with E-state index in [1.165, 1.54) is 12.1 Å². The fourth-order valence-corrected chi connectivity index (χ4v) is 3.58. The fraction of sp³-hybridized carbons (Fsp3) is 0.292. The Bertz CT molecular complexity index is 1080. The molecule has 2 aromatic carbocycles. The SMILES string of the molecule is CN=C(NCCc1coc(-c2ccc(F)cc2)n1)NCc1ccc(N2CCCC2=O)cc1. The van der Waals surface area contributed by atoms with Crippen LogP contribution in [0.25, 0.3) is 11.5 Å². The highest BCUT2D eigenvalue weighted by Crippen LogP contribution is 2.21. The summed E-state index contributed by atoms with van der Waals surface area (Å²) in [7, 11) is 1.72. The number of benzene rings is 2. The molecule has 1 saturated heterocycles. The van der Waals surface area contributed by atoms with E-state index in [1.807, 2.05) is 29.2 Å². The summed E-state index contributed by atoms with van der Waals surface area (Å²) in [6, 6.07) is 14.1. The summed E-state index contributed by atoms with van der Waals surface area (Å²) < 4.78 is 18.6. The predicted molar refractivity (Wildman–Crippen MR) is 122 cm³/mol. The van der Waals surface area contributed by atoms with Gasteiger partial charge in [-0.15, -0.1) is 0 Å². The highest BCUT2D eigenvalue weighted by molar-refractivity contribution is 5.95. The second-order valence-electron chi connectivity index (χ2n) is 7.57. The molecular weight excluding hydrogens is 409 g/mol. The van der Waals surface area contributed by atoms with Gasteiger partial charge in [0, 0.05) is 50.8 Å². The van der Waals surface area contributed by atoms with Gasteiger partial charge in [-0.1, -0.05) is 12.1 Å². The Balaban J connectivity index is 1.23. The van der Waals surface area contributed by atoms with Crippen LogP contribution in [-0.4, -0.2) is 37.0 Å². The Morgan fingerprint density at radius 2 is 1.94 bits per heavy atom. The minimum atomic E-state index is -0.291. The van der Waals surface area contributed by atoms with E-state index in [0.717, 1.165) is 35.5 Å². The monoisotopic (exact) mass is 435 g/mol. The van der Waals surface area contributed by atoms with Gasteiger partial charge in [-0.05, 0) is 48.4 Å². The summed E-state index contributed by atoms with van der Waals surface area (Å²) in [4.78, 5) is 22.4. The molecule has 1 aliphatic heterocycles. The quantitative estimate of drug-likeness (QED) is 0.438. The number of nitrogens with one attached hydrogen (secondary N) is 2. The summed E-state index contributed by atoms with van der Waals surface area (Å²) in [5.41, 5.74) is 3.60. The first-order valence-electron chi connectivity index (χ1n) is 10.7. The zero-order valence-corrected chi connectivity index (χ0v) is 18.0. The number of guanidine groups is 1. The second-order valence-corrected chi connectivity index (χ2v) is 7.57. The van der Waals surface area contributed by atoms with E-state index >= 15 is 0 Å². The fourth-order valence-electron chi connectivity index (χ4n) is 3.58. The summed E-state index contributed by atoms with van der Waals surface area (Å²) in [6.07, 6.45) is 3.83. The van der Waals surface area contributed by atoms with Crippen molar-refractivity contribution in [1.82, 2.24) is 15.6 Å². The Morgan fingerprint density at radius 3 is 2.62 bits per heavy atom. The molecule has 4 rings (SSSR count). The van der Waals surface area contributed by atoms with Crippen molar-refractivity contribution in [3.8, 4) is 11.5 Å². The van der Waals surface area contributed by atoms with Gasteiger partial charge in [0.05, 0.1) is 5.69 Å². The van der Waals surface area contributed by atoms with Crippen LogP contribution >= 0.6 is 0 Å². The standard InChI is InChI=1S/C24H26FN5O2/c1-26-24(28-15-17-4-10-21(11-5-17)30-14-2-3-22(30)31)27-13-12-20-16-32-23(29-20)18-6-8-19(25)9-7-18/h4-11,16H,2-3,12-15H2,1H3,(H2,26,27,28). The molecule has 8 heteroatoms. The molecule has 0 aliphatic carbocycles. The number of carbonyl (C=O) groups excluding carboxylic acids is 1. The number of oxazole rings is 1. The highest BCUT2D eigenvalue weighted by Gasteiger charge is 2.21. The summed E-state index contributed by atoms with van der Waals surface area (Å²) >= 11 is 0. The molecule has 1 fully saturated rings. The third kappa shape index (κ3) is 5.32. The predicted octanol–water partition coefficient (Wildman–Crippen LogP) is 3.52. The summed E-state index contributed by atoms with van der Waals surface area (Å²) in [5.74, 6) is 1.06. The van der Waals surface area contributed by atoms with Crippen LogP contribution in [0.5, 0.6) is 0 Å². The van der Waals surface area contributed by atoms with Gasteiger partial charge in [0.1, 0.15) is 12.1 Å². The molecule has 0 spiro atoms. The van der Waals surface area contributed by atoms with Crippen LogP contribution in [0.3, 0.4) is 0 Å². The second kappa shape index (κ2) is 10.1. The molecule has 1 aliphatic rings. The lowest BCUT2D eigenvalue weighted by Gasteiger charge is -2.16. The van der Waals surface area contributed by atoms with E-state index in [4.69, 9.17) is 4.42 Å². The number of carbonyl (C=O) groups is 1. The molecule has 2 N–H and O–H groups in total. The van der Waals surface area contributed by atoms with Crippen molar-refractivity contribution >= 4 is 17.6 Å². The van der Waals surface area contributed by atoms with Crippen molar-refractivity contribution in [2.45, 2.75) is 25.8 Å². The van der Waals surface area contributed by atoms with Crippen molar-refractivity contribution in [3.05, 3.63) is 71.9 Å². The lowest BCUT2D eigenvalue weighted by molar-refractivity contribution is -0.117. The van der Waals surface area contributed by atoms with Crippen LogP contribution in [-0.2, 0) is 17.8 Å². The van der Waals surface area contributed by atoms with Crippen molar-refractivity contribution in [2.24, 2.45) is 4.99 Å². The molecule has 7 nitrogen and oxygen atoms in total. The van der Waals surface area contributed by atoms with Crippen molar-refractivity contribution in [3.63, 3.8) is 0 Å². The number of nitrogens with zero attached hydrogens (tertiary/aromatic N) is 3. The number of hydrogen-bond acceptors (Lipinski definition) is 4. The van der Waals surface area contributed by atoms with Crippen LogP contribution in [0.4, 0.5) is 10.1 Å². The molecule has 0 radical (unpaired) electrons. The van der Waals surface area contributed by atoms with E-state index in [9.17, 15) is 9.18 Å². The van der Waals surface area contributed by atoms with Crippen LogP contribution in [0.2, 0.25) is 0 Å². The smallest absolute Gasteiger partial charge is 0.227 e. The van der Waals surface area contributed by atoms with E-state index in [-0.39, 0.29) is 11.7 Å². The van der Waals surface area contributed by atoms with E-state index in [0.29, 0.717) is 37.8 Å². The first kappa shape index (κ1) is 21.5. The molecule has 2 heterocycles. The number of anilines is 1. The number of rotatable bonds is 7. The lowest BCUT2D eigenvalue weighted by atomic mass is 10.2. The largest absolute Gasteiger partial charge is 0.444 e. The van der Waals surface area contributed by atoms with Crippen molar-refractivity contribution < 1.29 is 13.6 Å². The summed E-state index contributed by atoms with van der Waals surface area (Å²) in [5, 5.41) is 6.55. The van der Waals surface area contributed by atoms with Crippen molar-refractivity contribution in [1.29, 1.82) is 0 Å². The molecule has 0 saturated carbocycles. The minimum absolute atomic E-state index is 0.192. The molecule has 32 heavy (non-hydrogen) atoms. The van der Waals surface area contributed by atoms with Gasteiger partial charge >= 0.3 is 0 Å². The molecular formula is C24H26FN5O2. The topological polar surface area (TPSA) is 82.8 Å². The third-order valence-electron chi connectivity index (χ3n) is 5.32. The third-order valence-corrected chi connectivity index (χ3v) is 5.32. The lowest BCUT2D eigenvalue weighted by Crippen LogP contribution is -2.37. The maximum absolute atomic E-state index is 13.1. The molecule has 3 aromatic rings. The van der Waals surface area contributed by atoms with Gasteiger partial charge in [0.2, 0.25) is 11.8 Å².